The topological polar surface area (TPSA) is 76.7 Å². The van der Waals surface area contributed by atoms with Crippen LogP contribution in [0.1, 0.15) is 35.3 Å². The van der Waals surface area contributed by atoms with Crippen molar-refractivity contribution in [3.63, 3.8) is 0 Å². The van der Waals surface area contributed by atoms with Gasteiger partial charge in [-0.05, 0) is 43.3 Å². The molecule has 150 valence electrons. The summed E-state index contributed by atoms with van der Waals surface area (Å²) in [7, 11) is 3.11. The van der Waals surface area contributed by atoms with Crippen molar-refractivity contribution in [3.05, 3.63) is 58.4 Å². The van der Waals surface area contributed by atoms with Gasteiger partial charge in [-0.2, -0.15) is 0 Å². The molecular weight excluding hydrogens is 387 g/mol. The number of carbonyl (C=O) groups is 2. The van der Waals surface area contributed by atoms with Crippen LogP contribution >= 0.6 is 11.6 Å². The highest BCUT2D eigenvalue weighted by Crippen LogP contribution is 2.29. The first-order valence-electron chi connectivity index (χ1n) is 8.60. The smallest absolute Gasteiger partial charge is 0.252 e. The Hall–Kier alpha value is -2.80. The van der Waals surface area contributed by atoms with Gasteiger partial charge in [0.05, 0.1) is 30.8 Å². The summed E-state index contributed by atoms with van der Waals surface area (Å²) in [6.07, 6.45) is 0.0706. The van der Waals surface area contributed by atoms with Crippen LogP contribution in [-0.4, -0.2) is 32.6 Å². The number of halogens is 2. The monoisotopic (exact) mass is 408 g/mol. The third-order valence-corrected chi connectivity index (χ3v) is 4.41. The molecule has 28 heavy (non-hydrogen) atoms. The lowest BCUT2D eigenvalue weighted by atomic mass is 10.1. The lowest BCUT2D eigenvalue weighted by molar-refractivity contribution is -0.121. The number of nitrogens with one attached hydrogen (secondary N) is 2. The van der Waals surface area contributed by atoms with Crippen molar-refractivity contribution in [2.75, 3.05) is 20.8 Å². The predicted molar refractivity (Wildman–Crippen MR) is 104 cm³/mol. The van der Waals surface area contributed by atoms with Crippen molar-refractivity contribution < 1.29 is 23.5 Å². The quantitative estimate of drug-likeness (QED) is 0.701. The van der Waals surface area contributed by atoms with E-state index in [1.807, 2.05) is 6.92 Å². The summed E-state index contributed by atoms with van der Waals surface area (Å²) < 4.78 is 23.6. The molecule has 0 aliphatic rings. The molecule has 0 fully saturated rings. The number of carbonyl (C=O) groups excluding carboxylic acids is 2. The number of ether oxygens (including phenoxy) is 2. The molecule has 0 aliphatic carbocycles. The molecule has 2 aromatic carbocycles. The van der Waals surface area contributed by atoms with Gasteiger partial charge in [0, 0.05) is 18.5 Å². The lowest BCUT2D eigenvalue weighted by Gasteiger charge is -2.18. The van der Waals surface area contributed by atoms with E-state index in [9.17, 15) is 14.0 Å². The zero-order chi connectivity index (χ0) is 20.7. The Labute approximate surface area is 168 Å². The summed E-state index contributed by atoms with van der Waals surface area (Å²) in [6, 6.07) is 8.52. The van der Waals surface area contributed by atoms with Crippen molar-refractivity contribution in [2.24, 2.45) is 0 Å². The molecule has 0 heterocycles. The average molecular weight is 409 g/mol. The van der Waals surface area contributed by atoms with Gasteiger partial charge in [0.25, 0.3) is 5.91 Å². The van der Waals surface area contributed by atoms with Gasteiger partial charge < -0.3 is 20.1 Å². The average Bonchev–Trinajstić information content (AvgIpc) is 2.67. The summed E-state index contributed by atoms with van der Waals surface area (Å²) in [5.74, 6) is 0.0410. The minimum absolute atomic E-state index is 0.0145. The molecule has 0 aliphatic heterocycles. The van der Waals surface area contributed by atoms with E-state index in [4.69, 9.17) is 21.1 Å². The van der Waals surface area contributed by atoms with E-state index in [1.165, 1.54) is 6.07 Å². The van der Waals surface area contributed by atoms with Crippen LogP contribution in [0.25, 0.3) is 0 Å². The summed E-state index contributed by atoms with van der Waals surface area (Å²) in [5.41, 5.74) is 0.926. The largest absolute Gasteiger partial charge is 0.497 e. The molecule has 2 N–H and O–H groups in total. The van der Waals surface area contributed by atoms with Crippen molar-refractivity contribution in [1.29, 1.82) is 0 Å². The number of hydrogen-bond acceptors (Lipinski definition) is 4. The van der Waals surface area contributed by atoms with Crippen molar-refractivity contribution in [3.8, 4) is 11.5 Å². The first-order chi connectivity index (χ1) is 13.3. The number of hydrogen-bond donors (Lipinski definition) is 2. The zero-order valence-corrected chi connectivity index (χ0v) is 16.6. The maximum Gasteiger partial charge on any atom is 0.252 e. The highest BCUT2D eigenvalue weighted by molar-refractivity contribution is 6.33. The van der Waals surface area contributed by atoms with Gasteiger partial charge in [0.15, 0.2) is 0 Å². The summed E-state index contributed by atoms with van der Waals surface area (Å²) in [6.45, 7) is 1.94. The van der Waals surface area contributed by atoms with Crippen LogP contribution < -0.4 is 20.1 Å². The zero-order valence-electron chi connectivity index (χ0n) is 15.8. The van der Waals surface area contributed by atoms with Crippen LogP contribution in [0, 0.1) is 5.82 Å². The van der Waals surface area contributed by atoms with Crippen molar-refractivity contribution >= 4 is 23.4 Å². The van der Waals surface area contributed by atoms with E-state index in [1.54, 1.807) is 32.4 Å². The van der Waals surface area contributed by atoms with Crippen LogP contribution in [-0.2, 0) is 4.79 Å². The number of rotatable bonds is 8. The van der Waals surface area contributed by atoms with Gasteiger partial charge >= 0.3 is 0 Å². The van der Waals surface area contributed by atoms with Crippen molar-refractivity contribution in [2.45, 2.75) is 19.4 Å². The Morgan fingerprint density at radius 1 is 1.14 bits per heavy atom. The van der Waals surface area contributed by atoms with E-state index in [2.05, 4.69) is 10.6 Å². The van der Waals surface area contributed by atoms with E-state index >= 15 is 0 Å². The molecule has 2 aromatic rings. The van der Waals surface area contributed by atoms with Gasteiger partial charge in [0.2, 0.25) is 5.91 Å². The molecule has 0 unspecified atom stereocenters. The molecule has 1 atom stereocenters. The standard InChI is InChI=1S/C20H22ClFN2O4/c1-12(16-11-14(27-2)5-7-18(16)28-3)24-19(25)8-9-23-20(26)15-6-4-13(22)10-17(15)21/h4-7,10-12H,8-9H2,1-3H3,(H,23,26)(H,24,25)/t12-/m1/s1. The van der Waals surface area contributed by atoms with E-state index in [0.29, 0.717) is 11.5 Å². The lowest BCUT2D eigenvalue weighted by Crippen LogP contribution is -2.32. The third kappa shape index (κ3) is 5.60. The maximum atomic E-state index is 13.0. The molecule has 0 saturated heterocycles. The second kappa shape index (κ2) is 9.94. The molecule has 0 aromatic heterocycles. The molecule has 6 nitrogen and oxygen atoms in total. The molecule has 0 bridgehead atoms. The molecule has 0 radical (unpaired) electrons. The fraction of sp³-hybridized carbons (Fsp3) is 0.300. The second-order valence-corrected chi connectivity index (χ2v) is 6.43. The molecule has 8 heteroatoms. The van der Waals surface area contributed by atoms with Crippen LogP contribution in [0.2, 0.25) is 5.02 Å². The van der Waals surface area contributed by atoms with E-state index in [0.717, 1.165) is 17.7 Å². The summed E-state index contributed by atoms with van der Waals surface area (Å²) in [5, 5.41) is 5.46. The van der Waals surface area contributed by atoms with Crippen LogP contribution in [0.4, 0.5) is 4.39 Å². The number of amides is 2. The first kappa shape index (κ1) is 21.5. The van der Waals surface area contributed by atoms with Crippen LogP contribution in [0.15, 0.2) is 36.4 Å². The van der Waals surface area contributed by atoms with Crippen molar-refractivity contribution in [1.82, 2.24) is 10.6 Å². The van der Waals surface area contributed by atoms with Crippen LogP contribution in [0.5, 0.6) is 11.5 Å². The van der Waals surface area contributed by atoms with Gasteiger partial charge in [-0.15, -0.1) is 0 Å². The molecule has 0 spiro atoms. The third-order valence-electron chi connectivity index (χ3n) is 4.09. The Morgan fingerprint density at radius 2 is 1.89 bits per heavy atom. The minimum atomic E-state index is -0.525. The normalized spacial score (nSPS) is 11.5. The maximum absolute atomic E-state index is 13.0. The molecule has 2 rings (SSSR count). The SMILES string of the molecule is COc1ccc(OC)c([C@@H](C)NC(=O)CCNC(=O)c2ccc(F)cc2Cl)c1. The number of methoxy groups -OCH3 is 2. The fourth-order valence-corrected chi connectivity index (χ4v) is 2.88. The summed E-state index contributed by atoms with van der Waals surface area (Å²) >= 11 is 5.85. The molecule has 2 amide bonds. The fourth-order valence-electron chi connectivity index (χ4n) is 2.63. The van der Waals surface area contributed by atoms with Gasteiger partial charge in [-0.1, -0.05) is 11.6 Å². The Kier molecular flexibility index (Phi) is 7.63. The second-order valence-electron chi connectivity index (χ2n) is 6.03. The van der Waals surface area contributed by atoms with Gasteiger partial charge in [-0.3, -0.25) is 9.59 Å². The first-order valence-corrected chi connectivity index (χ1v) is 8.98. The van der Waals surface area contributed by atoms with Gasteiger partial charge in [-0.25, -0.2) is 4.39 Å². The molecular formula is C20H22ClFN2O4. The van der Waals surface area contributed by atoms with Gasteiger partial charge in [0.1, 0.15) is 17.3 Å². The van der Waals surface area contributed by atoms with Crippen LogP contribution in [0.3, 0.4) is 0 Å². The summed E-state index contributed by atoms with van der Waals surface area (Å²) in [4.78, 5) is 24.3. The minimum Gasteiger partial charge on any atom is -0.497 e. The Morgan fingerprint density at radius 3 is 2.54 bits per heavy atom. The highest BCUT2D eigenvalue weighted by atomic mass is 35.5. The van der Waals surface area contributed by atoms with E-state index < -0.39 is 11.7 Å². The Balaban J connectivity index is 1.89. The number of benzene rings is 2. The highest BCUT2D eigenvalue weighted by Gasteiger charge is 2.16. The van der Waals surface area contributed by atoms with E-state index in [-0.39, 0.29) is 35.5 Å². The molecule has 0 saturated carbocycles. The Bertz CT molecular complexity index is 860. The predicted octanol–water partition coefficient (Wildman–Crippen LogP) is 3.49.